The van der Waals surface area contributed by atoms with Gasteiger partial charge in [0.15, 0.2) is 5.96 Å². The average molecular weight is 524 g/mol. The van der Waals surface area contributed by atoms with Crippen molar-refractivity contribution in [2.24, 2.45) is 4.99 Å². The fraction of sp³-hybridized carbons (Fsp3) is 0.632. The van der Waals surface area contributed by atoms with E-state index in [0.29, 0.717) is 18.2 Å². The van der Waals surface area contributed by atoms with Gasteiger partial charge in [0.1, 0.15) is 10.8 Å². The third-order valence-corrected chi connectivity index (χ3v) is 4.22. The van der Waals surface area contributed by atoms with Gasteiger partial charge in [0.25, 0.3) is 0 Å². The molecule has 1 aliphatic heterocycles. The SMILES string of the molecule is CCNC(=NCCc1ccc(Cl)nc1)N1CC[C@@H](NC(=O)OC(C)(C)C)C1.I. The molecule has 0 aromatic carbocycles. The maximum Gasteiger partial charge on any atom is 0.407 e. The minimum atomic E-state index is -0.491. The molecule has 1 aromatic rings. The number of pyridine rings is 1. The zero-order chi connectivity index (χ0) is 19.9. The summed E-state index contributed by atoms with van der Waals surface area (Å²) in [4.78, 5) is 22.9. The molecule has 1 fully saturated rings. The molecule has 7 nitrogen and oxygen atoms in total. The zero-order valence-electron chi connectivity index (χ0n) is 17.0. The highest BCUT2D eigenvalue weighted by Crippen LogP contribution is 2.12. The molecule has 9 heteroatoms. The molecule has 0 unspecified atom stereocenters. The van der Waals surface area contributed by atoms with Gasteiger partial charge in [-0.1, -0.05) is 17.7 Å². The Morgan fingerprint density at radius 2 is 2.18 bits per heavy atom. The molecule has 1 aromatic heterocycles. The zero-order valence-corrected chi connectivity index (χ0v) is 20.1. The van der Waals surface area contributed by atoms with Crippen LogP contribution >= 0.6 is 35.6 Å². The number of guanidine groups is 1. The second kappa shape index (κ2) is 11.6. The van der Waals surface area contributed by atoms with Crippen LogP contribution in [-0.4, -0.2) is 59.8 Å². The number of alkyl carbamates (subject to hydrolysis) is 1. The summed E-state index contributed by atoms with van der Waals surface area (Å²) in [5.41, 5.74) is 0.611. The predicted octanol–water partition coefficient (Wildman–Crippen LogP) is 3.46. The first-order chi connectivity index (χ1) is 12.8. The lowest BCUT2D eigenvalue weighted by atomic mass is 10.2. The van der Waals surface area contributed by atoms with Crippen molar-refractivity contribution in [1.29, 1.82) is 0 Å². The van der Waals surface area contributed by atoms with Gasteiger partial charge in [-0.3, -0.25) is 4.99 Å². The van der Waals surface area contributed by atoms with Crippen LogP contribution in [0.1, 0.15) is 39.7 Å². The van der Waals surface area contributed by atoms with E-state index in [1.165, 1.54) is 0 Å². The molecule has 1 atom stereocenters. The fourth-order valence-corrected chi connectivity index (χ4v) is 2.93. The first kappa shape index (κ1) is 24.7. The molecule has 2 rings (SSSR count). The van der Waals surface area contributed by atoms with Crippen molar-refractivity contribution >= 4 is 47.6 Å². The van der Waals surface area contributed by atoms with E-state index >= 15 is 0 Å². The maximum absolute atomic E-state index is 12.0. The van der Waals surface area contributed by atoms with Crippen molar-refractivity contribution in [2.75, 3.05) is 26.2 Å². The molecule has 0 radical (unpaired) electrons. The molecule has 1 saturated heterocycles. The maximum atomic E-state index is 12.0. The number of hydrogen-bond donors (Lipinski definition) is 2. The fourth-order valence-electron chi connectivity index (χ4n) is 2.82. The summed E-state index contributed by atoms with van der Waals surface area (Å²) in [7, 11) is 0. The van der Waals surface area contributed by atoms with Crippen LogP contribution in [0.4, 0.5) is 4.79 Å². The molecular weight excluding hydrogens is 493 g/mol. The number of likely N-dealkylation sites (tertiary alicyclic amines) is 1. The van der Waals surface area contributed by atoms with Crippen LogP contribution in [0.25, 0.3) is 0 Å². The lowest BCUT2D eigenvalue weighted by molar-refractivity contribution is 0.0507. The summed E-state index contributed by atoms with van der Waals surface area (Å²) in [6, 6.07) is 3.82. The molecule has 1 aliphatic rings. The first-order valence-corrected chi connectivity index (χ1v) is 9.78. The van der Waals surface area contributed by atoms with E-state index in [1.807, 2.05) is 33.8 Å². The third kappa shape index (κ3) is 8.81. The van der Waals surface area contributed by atoms with Gasteiger partial charge < -0.3 is 20.3 Å². The Labute approximate surface area is 189 Å². The topological polar surface area (TPSA) is 78.9 Å². The minimum absolute atomic E-state index is 0. The standard InChI is InChI=1S/C19H30ClN5O2.HI/c1-5-21-17(22-10-8-14-6-7-16(20)23-12-14)25-11-9-15(13-25)24-18(26)27-19(2,3)4;/h6-7,12,15H,5,8-11,13H2,1-4H3,(H,21,22)(H,24,26);1H/t15-;/m1./s1. The van der Waals surface area contributed by atoms with E-state index in [9.17, 15) is 4.79 Å². The first-order valence-electron chi connectivity index (χ1n) is 9.40. The van der Waals surface area contributed by atoms with Crippen molar-refractivity contribution in [3.63, 3.8) is 0 Å². The van der Waals surface area contributed by atoms with Crippen LogP contribution in [0.15, 0.2) is 23.3 Å². The van der Waals surface area contributed by atoms with E-state index < -0.39 is 5.60 Å². The van der Waals surface area contributed by atoms with Gasteiger partial charge in [-0.25, -0.2) is 9.78 Å². The van der Waals surface area contributed by atoms with Crippen molar-refractivity contribution in [1.82, 2.24) is 20.5 Å². The van der Waals surface area contributed by atoms with E-state index in [0.717, 1.165) is 37.5 Å². The number of halogens is 2. The van der Waals surface area contributed by atoms with Gasteiger partial charge in [0.2, 0.25) is 0 Å². The van der Waals surface area contributed by atoms with Gasteiger partial charge >= 0.3 is 6.09 Å². The predicted molar refractivity (Wildman–Crippen MR) is 124 cm³/mol. The number of hydrogen-bond acceptors (Lipinski definition) is 4. The second-order valence-electron chi connectivity index (χ2n) is 7.55. The molecule has 0 saturated carbocycles. The van der Waals surface area contributed by atoms with Crippen molar-refractivity contribution in [2.45, 2.75) is 52.2 Å². The molecule has 1 amide bonds. The van der Waals surface area contributed by atoms with Gasteiger partial charge in [0.05, 0.1) is 6.04 Å². The van der Waals surface area contributed by atoms with Crippen molar-refractivity contribution in [3.05, 3.63) is 29.0 Å². The molecular formula is C19H31ClIN5O2. The number of amides is 1. The quantitative estimate of drug-likeness (QED) is 0.267. The highest BCUT2D eigenvalue weighted by molar-refractivity contribution is 14.0. The van der Waals surface area contributed by atoms with E-state index in [1.54, 1.807) is 12.3 Å². The number of carbonyl (C=O) groups is 1. The minimum Gasteiger partial charge on any atom is -0.444 e. The molecule has 158 valence electrons. The van der Waals surface area contributed by atoms with Crippen LogP contribution in [0.2, 0.25) is 5.15 Å². The lowest BCUT2D eigenvalue weighted by Gasteiger charge is -2.23. The van der Waals surface area contributed by atoms with Crippen LogP contribution in [0.5, 0.6) is 0 Å². The Bertz CT molecular complexity index is 649. The number of rotatable bonds is 5. The summed E-state index contributed by atoms with van der Waals surface area (Å²) in [5.74, 6) is 0.868. The normalized spacial score (nSPS) is 17.1. The van der Waals surface area contributed by atoms with E-state index in [4.69, 9.17) is 21.3 Å². The molecule has 28 heavy (non-hydrogen) atoms. The summed E-state index contributed by atoms with van der Waals surface area (Å²) in [6.07, 6.45) is 3.07. The smallest absolute Gasteiger partial charge is 0.407 e. The van der Waals surface area contributed by atoms with E-state index in [2.05, 4.69) is 20.5 Å². The Kier molecular flexibility index (Phi) is 10.3. The molecule has 0 aliphatic carbocycles. The highest BCUT2D eigenvalue weighted by atomic mass is 127. The summed E-state index contributed by atoms with van der Waals surface area (Å²) in [6.45, 7) is 10.6. The summed E-state index contributed by atoms with van der Waals surface area (Å²) in [5, 5.41) is 6.77. The Morgan fingerprint density at radius 3 is 2.79 bits per heavy atom. The molecule has 0 spiro atoms. The Balaban J connectivity index is 0.00000392. The lowest BCUT2D eigenvalue weighted by Crippen LogP contribution is -2.44. The summed E-state index contributed by atoms with van der Waals surface area (Å²) >= 11 is 5.81. The van der Waals surface area contributed by atoms with Crippen LogP contribution in [0, 0.1) is 0 Å². The second-order valence-corrected chi connectivity index (χ2v) is 7.94. The Hall–Kier alpha value is -1.29. The number of nitrogens with zero attached hydrogens (tertiary/aromatic N) is 3. The number of ether oxygens (including phenoxy) is 1. The number of carbonyl (C=O) groups excluding carboxylic acids is 1. The third-order valence-electron chi connectivity index (χ3n) is 3.99. The largest absolute Gasteiger partial charge is 0.444 e. The van der Waals surface area contributed by atoms with Gasteiger partial charge in [-0.2, -0.15) is 0 Å². The Morgan fingerprint density at radius 1 is 1.43 bits per heavy atom. The van der Waals surface area contributed by atoms with Crippen molar-refractivity contribution in [3.8, 4) is 0 Å². The number of aromatic nitrogens is 1. The van der Waals surface area contributed by atoms with Gasteiger partial charge in [-0.15, -0.1) is 24.0 Å². The van der Waals surface area contributed by atoms with Gasteiger partial charge in [0, 0.05) is 32.4 Å². The highest BCUT2D eigenvalue weighted by Gasteiger charge is 2.27. The van der Waals surface area contributed by atoms with Crippen LogP contribution in [-0.2, 0) is 11.2 Å². The molecule has 2 N–H and O–H groups in total. The molecule has 0 bridgehead atoms. The summed E-state index contributed by atoms with van der Waals surface area (Å²) < 4.78 is 5.34. The van der Waals surface area contributed by atoms with Crippen LogP contribution in [0.3, 0.4) is 0 Å². The average Bonchev–Trinajstić information content (AvgIpc) is 3.02. The number of nitrogens with one attached hydrogen (secondary N) is 2. The van der Waals surface area contributed by atoms with Crippen molar-refractivity contribution < 1.29 is 9.53 Å². The van der Waals surface area contributed by atoms with E-state index in [-0.39, 0.29) is 36.1 Å². The van der Waals surface area contributed by atoms with Crippen LogP contribution < -0.4 is 10.6 Å². The monoisotopic (exact) mass is 523 g/mol. The number of aliphatic imine (C=N–C) groups is 1. The molecule has 2 heterocycles. The van der Waals surface area contributed by atoms with Gasteiger partial charge in [-0.05, 0) is 52.2 Å².